The Morgan fingerprint density at radius 1 is 1.24 bits per heavy atom. The van der Waals surface area contributed by atoms with E-state index in [1.54, 1.807) is 11.3 Å². The van der Waals surface area contributed by atoms with E-state index in [1.165, 1.54) is 9.75 Å². The smallest absolute Gasteiger partial charge is 0.162 e. The predicted octanol–water partition coefficient (Wildman–Crippen LogP) is 3.43. The van der Waals surface area contributed by atoms with Gasteiger partial charge in [-0.2, -0.15) is 0 Å². The second kappa shape index (κ2) is 4.84. The maximum atomic E-state index is 4.60. The quantitative estimate of drug-likeness (QED) is 0.903. The van der Waals surface area contributed by atoms with Crippen molar-refractivity contribution in [3.05, 3.63) is 27.6 Å². The number of hydrogen-bond donors (Lipinski definition) is 1. The molecule has 0 unspecified atom stereocenters. The number of aromatic nitrogens is 2. The van der Waals surface area contributed by atoms with Gasteiger partial charge in [-0.1, -0.05) is 6.92 Å². The molecule has 0 fully saturated rings. The number of nitrogens with one attached hydrogen (secondary N) is 1. The van der Waals surface area contributed by atoms with Gasteiger partial charge in [0.25, 0.3) is 0 Å². The van der Waals surface area contributed by atoms with Crippen molar-refractivity contribution in [3.8, 4) is 11.4 Å². The third-order valence-corrected chi connectivity index (χ3v) is 3.65. The summed E-state index contributed by atoms with van der Waals surface area (Å²) < 4.78 is 0. The molecule has 0 aliphatic carbocycles. The minimum atomic E-state index is 0.829. The highest BCUT2D eigenvalue weighted by molar-refractivity contribution is 7.12. The molecule has 0 spiro atoms. The Bertz CT molecular complexity index is 509. The maximum Gasteiger partial charge on any atom is 0.162 e. The first-order valence-electron chi connectivity index (χ1n) is 5.77. The number of nitrogens with zero attached hydrogens (tertiary/aromatic N) is 2. The molecule has 0 saturated heterocycles. The zero-order valence-electron chi connectivity index (χ0n) is 10.7. The van der Waals surface area contributed by atoms with Crippen molar-refractivity contribution >= 4 is 17.2 Å². The summed E-state index contributed by atoms with van der Waals surface area (Å²) >= 11 is 1.79. The molecule has 0 aromatic carbocycles. The lowest BCUT2D eigenvalue weighted by Gasteiger charge is -2.06. The molecule has 90 valence electrons. The topological polar surface area (TPSA) is 37.8 Å². The van der Waals surface area contributed by atoms with Gasteiger partial charge in [0.05, 0.1) is 0 Å². The lowest BCUT2D eigenvalue weighted by molar-refractivity contribution is 1.01. The van der Waals surface area contributed by atoms with E-state index in [2.05, 4.69) is 42.1 Å². The lowest BCUT2D eigenvalue weighted by Crippen LogP contribution is -2.00. The second-order valence-corrected chi connectivity index (χ2v) is 5.46. The normalized spacial score (nSPS) is 10.6. The number of thiophene rings is 1. The summed E-state index contributed by atoms with van der Waals surface area (Å²) in [6.45, 7) is 6.34. The van der Waals surface area contributed by atoms with Crippen LogP contribution < -0.4 is 5.32 Å². The first-order chi connectivity index (χ1) is 8.13. The van der Waals surface area contributed by atoms with Crippen LogP contribution in [-0.2, 0) is 6.42 Å². The largest absolute Gasteiger partial charge is 0.373 e. The third kappa shape index (κ3) is 2.47. The van der Waals surface area contributed by atoms with Crippen LogP contribution in [0.15, 0.2) is 12.1 Å². The summed E-state index contributed by atoms with van der Waals surface area (Å²) in [5.41, 5.74) is 2.22. The predicted molar refractivity (Wildman–Crippen MR) is 73.7 cm³/mol. The van der Waals surface area contributed by atoms with Crippen molar-refractivity contribution in [3.63, 3.8) is 0 Å². The molecule has 4 heteroatoms. The van der Waals surface area contributed by atoms with Crippen molar-refractivity contribution in [2.45, 2.75) is 27.2 Å². The average Bonchev–Trinajstić information content (AvgIpc) is 2.67. The van der Waals surface area contributed by atoms with Gasteiger partial charge in [-0.3, -0.25) is 0 Å². The highest BCUT2D eigenvalue weighted by Gasteiger charge is 2.10. The van der Waals surface area contributed by atoms with Crippen LogP contribution in [0.5, 0.6) is 0 Å². The standard InChI is InChI=1S/C13H17N3S/c1-5-10-7-12(14-4)16-13(15-10)11-6-8(2)17-9(11)3/h6-7H,5H2,1-4H3,(H,14,15,16). The summed E-state index contributed by atoms with van der Waals surface area (Å²) in [7, 11) is 1.89. The summed E-state index contributed by atoms with van der Waals surface area (Å²) in [6, 6.07) is 4.16. The van der Waals surface area contributed by atoms with Gasteiger partial charge in [-0.25, -0.2) is 9.97 Å². The van der Waals surface area contributed by atoms with Crippen LogP contribution in [-0.4, -0.2) is 17.0 Å². The fourth-order valence-electron chi connectivity index (χ4n) is 1.78. The van der Waals surface area contributed by atoms with E-state index in [4.69, 9.17) is 0 Å². The number of hydrogen-bond acceptors (Lipinski definition) is 4. The summed E-state index contributed by atoms with van der Waals surface area (Å²) in [4.78, 5) is 11.7. The summed E-state index contributed by atoms with van der Waals surface area (Å²) in [6.07, 6.45) is 0.923. The van der Waals surface area contributed by atoms with Crippen LogP contribution in [0.25, 0.3) is 11.4 Å². The average molecular weight is 247 g/mol. The molecule has 0 bridgehead atoms. The molecule has 0 radical (unpaired) electrons. The second-order valence-electron chi connectivity index (χ2n) is 4.00. The van der Waals surface area contributed by atoms with Gasteiger partial charge in [0, 0.05) is 34.1 Å². The van der Waals surface area contributed by atoms with Crippen molar-refractivity contribution in [1.82, 2.24) is 9.97 Å². The molecule has 3 nitrogen and oxygen atoms in total. The van der Waals surface area contributed by atoms with Gasteiger partial charge in [0.15, 0.2) is 5.82 Å². The van der Waals surface area contributed by atoms with Gasteiger partial charge >= 0.3 is 0 Å². The lowest BCUT2D eigenvalue weighted by atomic mass is 10.2. The molecule has 0 aliphatic heterocycles. The van der Waals surface area contributed by atoms with E-state index in [9.17, 15) is 0 Å². The highest BCUT2D eigenvalue weighted by Crippen LogP contribution is 2.29. The van der Waals surface area contributed by atoms with Crippen molar-refractivity contribution < 1.29 is 0 Å². The van der Waals surface area contributed by atoms with E-state index >= 15 is 0 Å². The SMILES string of the molecule is CCc1cc(NC)nc(-c2cc(C)sc2C)n1. The molecular formula is C13H17N3S. The van der Waals surface area contributed by atoms with Crippen molar-refractivity contribution in [1.29, 1.82) is 0 Å². The molecule has 1 N–H and O–H groups in total. The molecule has 0 saturated carbocycles. The van der Waals surface area contributed by atoms with Gasteiger partial charge in [-0.15, -0.1) is 11.3 Å². The molecule has 2 aromatic rings. The first kappa shape index (κ1) is 12.0. The maximum absolute atomic E-state index is 4.60. The number of anilines is 1. The van der Waals surface area contributed by atoms with Crippen LogP contribution in [0, 0.1) is 13.8 Å². The van der Waals surface area contributed by atoms with Crippen LogP contribution >= 0.6 is 11.3 Å². The Balaban J connectivity index is 2.54. The molecule has 2 heterocycles. The monoisotopic (exact) mass is 247 g/mol. The van der Waals surface area contributed by atoms with Gasteiger partial charge in [0.1, 0.15) is 5.82 Å². The molecule has 0 aliphatic rings. The number of rotatable bonds is 3. The minimum absolute atomic E-state index is 0.829. The molecule has 2 rings (SSSR count). The summed E-state index contributed by atoms with van der Waals surface area (Å²) in [5.74, 6) is 1.71. The Labute approximate surface area is 106 Å². The minimum Gasteiger partial charge on any atom is -0.373 e. The van der Waals surface area contributed by atoms with Gasteiger partial charge in [-0.05, 0) is 26.3 Å². The number of aryl methyl sites for hydroxylation is 3. The van der Waals surface area contributed by atoms with E-state index in [0.717, 1.165) is 29.3 Å². The highest BCUT2D eigenvalue weighted by atomic mass is 32.1. The van der Waals surface area contributed by atoms with Crippen LogP contribution in [0.3, 0.4) is 0 Å². The van der Waals surface area contributed by atoms with Gasteiger partial charge in [0.2, 0.25) is 0 Å². The molecule has 17 heavy (non-hydrogen) atoms. The fraction of sp³-hybridized carbons (Fsp3) is 0.385. The third-order valence-electron chi connectivity index (χ3n) is 2.68. The van der Waals surface area contributed by atoms with Crippen LogP contribution in [0.2, 0.25) is 0 Å². The zero-order valence-corrected chi connectivity index (χ0v) is 11.5. The zero-order chi connectivity index (χ0) is 12.4. The molecule has 0 amide bonds. The molecule has 2 aromatic heterocycles. The first-order valence-corrected chi connectivity index (χ1v) is 6.58. The van der Waals surface area contributed by atoms with Crippen LogP contribution in [0.1, 0.15) is 22.4 Å². The molecular weight excluding hydrogens is 230 g/mol. The van der Waals surface area contributed by atoms with E-state index < -0.39 is 0 Å². The fourth-order valence-corrected chi connectivity index (χ4v) is 2.70. The van der Waals surface area contributed by atoms with E-state index in [1.807, 2.05) is 13.1 Å². The summed E-state index contributed by atoms with van der Waals surface area (Å²) in [5, 5.41) is 3.09. The Hall–Kier alpha value is -1.42. The Morgan fingerprint density at radius 3 is 2.53 bits per heavy atom. The van der Waals surface area contributed by atoms with E-state index in [0.29, 0.717) is 0 Å². The van der Waals surface area contributed by atoms with Gasteiger partial charge < -0.3 is 5.32 Å². The molecule has 0 atom stereocenters. The van der Waals surface area contributed by atoms with Crippen LogP contribution in [0.4, 0.5) is 5.82 Å². The Kier molecular flexibility index (Phi) is 3.43. The van der Waals surface area contributed by atoms with Crippen molar-refractivity contribution in [2.24, 2.45) is 0 Å². The van der Waals surface area contributed by atoms with E-state index in [-0.39, 0.29) is 0 Å². The Morgan fingerprint density at radius 2 is 2.00 bits per heavy atom. The van der Waals surface area contributed by atoms with Crippen molar-refractivity contribution in [2.75, 3.05) is 12.4 Å².